The Morgan fingerprint density at radius 1 is 1.24 bits per heavy atom. The van der Waals surface area contributed by atoms with Crippen LogP contribution in [0.5, 0.6) is 0 Å². The highest BCUT2D eigenvalue weighted by Gasteiger charge is 2.10. The van der Waals surface area contributed by atoms with Gasteiger partial charge >= 0.3 is 0 Å². The van der Waals surface area contributed by atoms with E-state index in [1.807, 2.05) is 37.4 Å². The second-order valence-corrected chi connectivity index (χ2v) is 6.14. The number of nitrogens with zero attached hydrogens (tertiary/aromatic N) is 5. The topological polar surface area (TPSA) is 46.3 Å². The molecule has 0 amide bonds. The van der Waals surface area contributed by atoms with Crippen molar-refractivity contribution in [3.63, 3.8) is 0 Å². The molecule has 2 heterocycles. The van der Waals surface area contributed by atoms with E-state index < -0.39 is 0 Å². The number of halogens is 2. The molecule has 0 atom stereocenters. The van der Waals surface area contributed by atoms with Crippen LogP contribution in [-0.2, 0) is 13.1 Å². The zero-order valence-electron chi connectivity index (χ0n) is 11.4. The molecule has 7 heteroatoms. The standard InChI is InChI=1S/C14H13BrClN5/c1-20(8-10-4-5-11(15)7-12(10)16)9-14-19-18-13-3-2-6-17-21(13)14/h2-7H,8-9H2,1H3. The average Bonchev–Trinajstić information content (AvgIpc) is 2.85. The maximum Gasteiger partial charge on any atom is 0.177 e. The van der Waals surface area contributed by atoms with Gasteiger partial charge in [-0.05, 0) is 36.9 Å². The third-order valence-electron chi connectivity index (χ3n) is 3.11. The molecule has 0 saturated heterocycles. The number of hydrogen-bond acceptors (Lipinski definition) is 4. The SMILES string of the molecule is CN(Cc1ccc(Br)cc1Cl)Cc1nnc2cccnn12. The van der Waals surface area contributed by atoms with Gasteiger partial charge in [-0.25, -0.2) is 0 Å². The predicted molar refractivity (Wildman–Crippen MR) is 85.1 cm³/mol. The molecule has 2 aromatic heterocycles. The third-order valence-corrected chi connectivity index (χ3v) is 3.95. The fourth-order valence-corrected chi connectivity index (χ4v) is 2.86. The number of fused-ring (bicyclic) bond motifs is 1. The lowest BCUT2D eigenvalue weighted by atomic mass is 10.2. The summed E-state index contributed by atoms with van der Waals surface area (Å²) in [6.07, 6.45) is 1.73. The van der Waals surface area contributed by atoms with Gasteiger partial charge in [0.1, 0.15) is 0 Å². The van der Waals surface area contributed by atoms with Crippen LogP contribution in [-0.4, -0.2) is 31.8 Å². The molecule has 0 bridgehead atoms. The van der Waals surface area contributed by atoms with Crippen LogP contribution in [0.3, 0.4) is 0 Å². The fraction of sp³-hybridized carbons (Fsp3) is 0.214. The molecule has 0 aliphatic rings. The van der Waals surface area contributed by atoms with Gasteiger partial charge in [0.05, 0.1) is 6.54 Å². The van der Waals surface area contributed by atoms with Crippen LogP contribution >= 0.6 is 27.5 Å². The molecule has 0 radical (unpaired) electrons. The summed E-state index contributed by atoms with van der Waals surface area (Å²) >= 11 is 9.66. The summed E-state index contributed by atoms with van der Waals surface area (Å²) in [4.78, 5) is 2.13. The first-order valence-corrected chi connectivity index (χ1v) is 7.58. The normalized spacial score (nSPS) is 11.4. The van der Waals surface area contributed by atoms with Gasteiger partial charge in [-0.1, -0.05) is 33.6 Å². The van der Waals surface area contributed by atoms with Crippen LogP contribution in [0.15, 0.2) is 41.0 Å². The summed E-state index contributed by atoms with van der Waals surface area (Å²) in [6, 6.07) is 9.64. The highest BCUT2D eigenvalue weighted by Crippen LogP contribution is 2.22. The van der Waals surface area contributed by atoms with Gasteiger partial charge < -0.3 is 0 Å². The molecule has 1 aromatic carbocycles. The van der Waals surface area contributed by atoms with Crippen LogP contribution < -0.4 is 0 Å². The lowest BCUT2D eigenvalue weighted by Gasteiger charge is -2.16. The lowest BCUT2D eigenvalue weighted by molar-refractivity contribution is 0.308. The van der Waals surface area contributed by atoms with E-state index in [0.717, 1.165) is 33.1 Å². The van der Waals surface area contributed by atoms with Crippen molar-refractivity contribution in [1.29, 1.82) is 0 Å². The Labute approximate surface area is 135 Å². The van der Waals surface area contributed by atoms with E-state index >= 15 is 0 Å². The molecule has 108 valence electrons. The van der Waals surface area contributed by atoms with Gasteiger partial charge in [0.25, 0.3) is 0 Å². The fourth-order valence-electron chi connectivity index (χ4n) is 2.13. The third kappa shape index (κ3) is 3.23. The highest BCUT2D eigenvalue weighted by molar-refractivity contribution is 9.10. The summed E-state index contributed by atoms with van der Waals surface area (Å²) in [5.41, 5.74) is 1.83. The Morgan fingerprint density at radius 2 is 2.10 bits per heavy atom. The number of hydrogen-bond donors (Lipinski definition) is 0. The Balaban J connectivity index is 1.75. The van der Waals surface area contributed by atoms with Crippen LogP contribution in [0.25, 0.3) is 5.65 Å². The predicted octanol–water partition coefficient (Wildman–Crippen LogP) is 3.17. The monoisotopic (exact) mass is 365 g/mol. The van der Waals surface area contributed by atoms with Crippen molar-refractivity contribution < 1.29 is 0 Å². The number of benzene rings is 1. The maximum atomic E-state index is 6.25. The van der Waals surface area contributed by atoms with Gasteiger partial charge in [-0.3, -0.25) is 4.90 Å². The van der Waals surface area contributed by atoms with Gasteiger partial charge in [-0.15, -0.1) is 10.2 Å². The molecular weight excluding hydrogens is 354 g/mol. The van der Waals surface area contributed by atoms with Gasteiger partial charge in [0.2, 0.25) is 0 Å². The van der Waals surface area contributed by atoms with Crippen molar-refractivity contribution in [3.05, 3.63) is 57.4 Å². The van der Waals surface area contributed by atoms with Crippen molar-refractivity contribution in [2.75, 3.05) is 7.05 Å². The summed E-state index contributed by atoms with van der Waals surface area (Å²) in [5.74, 6) is 0.807. The molecule has 3 rings (SSSR count). The van der Waals surface area contributed by atoms with Crippen molar-refractivity contribution >= 4 is 33.2 Å². The Morgan fingerprint density at radius 3 is 2.90 bits per heavy atom. The molecule has 0 fully saturated rings. The van der Waals surface area contributed by atoms with Crippen LogP contribution in [0.2, 0.25) is 5.02 Å². The molecule has 5 nitrogen and oxygen atoms in total. The Kier molecular flexibility index (Phi) is 4.19. The van der Waals surface area contributed by atoms with Crippen molar-refractivity contribution in [2.24, 2.45) is 0 Å². The molecule has 0 aliphatic carbocycles. The van der Waals surface area contributed by atoms with E-state index in [-0.39, 0.29) is 0 Å². The quantitative estimate of drug-likeness (QED) is 0.711. The van der Waals surface area contributed by atoms with E-state index in [0.29, 0.717) is 6.54 Å². The minimum absolute atomic E-state index is 0.643. The second kappa shape index (κ2) is 6.09. The highest BCUT2D eigenvalue weighted by atomic mass is 79.9. The molecule has 0 unspecified atom stereocenters. The van der Waals surface area contributed by atoms with Crippen molar-refractivity contribution in [3.8, 4) is 0 Å². The summed E-state index contributed by atoms with van der Waals surface area (Å²) in [5, 5.41) is 13.3. The zero-order valence-corrected chi connectivity index (χ0v) is 13.7. The van der Waals surface area contributed by atoms with Crippen LogP contribution in [0.1, 0.15) is 11.4 Å². The minimum Gasteiger partial charge on any atom is -0.295 e. The average molecular weight is 367 g/mol. The van der Waals surface area contributed by atoms with Crippen molar-refractivity contribution in [2.45, 2.75) is 13.1 Å². The first kappa shape index (κ1) is 14.4. The zero-order chi connectivity index (χ0) is 14.8. The lowest BCUT2D eigenvalue weighted by Crippen LogP contribution is -2.19. The van der Waals surface area contributed by atoms with Gasteiger partial charge in [0.15, 0.2) is 11.5 Å². The van der Waals surface area contributed by atoms with E-state index in [1.165, 1.54) is 0 Å². The van der Waals surface area contributed by atoms with Crippen LogP contribution in [0.4, 0.5) is 0 Å². The Bertz CT molecular complexity index is 773. The first-order valence-electron chi connectivity index (χ1n) is 6.41. The van der Waals surface area contributed by atoms with E-state index in [9.17, 15) is 0 Å². The number of rotatable bonds is 4. The molecule has 21 heavy (non-hydrogen) atoms. The summed E-state index contributed by atoms with van der Waals surface area (Å²) in [7, 11) is 2.02. The summed E-state index contributed by atoms with van der Waals surface area (Å²) < 4.78 is 2.73. The smallest absolute Gasteiger partial charge is 0.177 e. The molecule has 0 saturated carbocycles. The van der Waals surface area contributed by atoms with E-state index in [1.54, 1.807) is 10.7 Å². The molecule has 0 N–H and O–H groups in total. The Hall–Kier alpha value is -1.50. The maximum absolute atomic E-state index is 6.25. The van der Waals surface area contributed by atoms with Crippen molar-refractivity contribution in [1.82, 2.24) is 24.7 Å². The van der Waals surface area contributed by atoms with Gasteiger partial charge in [-0.2, -0.15) is 9.61 Å². The van der Waals surface area contributed by atoms with Crippen LogP contribution in [0, 0.1) is 0 Å². The van der Waals surface area contributed by atoms with E-state index in [2.05, 4.69) is 36.1 Å². The number of aromatic nitrogens is 4. The minimum atomic E-state index is 0.643. The largest absolute Gasteiger partial charge is 0.295 e. The molecule has 0 aliphatic heterocycles. The second-order valence-electron chi connectivity index (χ2n) is 4.82. The molecule has 3 aromatic rings. The first-order chi connectivity index (χ1) is 10.1. The van der Waals surface area contributed by atoms with Gasteiger partial charge in [0, 0.05) is 22.2 Å². The molecular formula is C14H13BrClN5. The summed E-state index contributed by atoms with van der Waals surface area (Å²) in [6.45, 7) is 1.37. The molecule has 0 spiro atoms. The van der Waals surface area contributed by atoms with E-state index in [4.69, 9.17) is 11.6 Å².